The standard InChI is InChI=1S/C16H17N3O2S/c1-10-2-3-11(15(20)17-12-4-5-12)8-14(10)19-16(21)18-13-6-7-22-9-13/h2-3,6-9,12H,4-5H2,1H3,(H,17,20)(H2,18,19,21). The molecule has 22 heavy (non-hydrogen) atoms. The maximum Gasteiger partial charge on any atom is 0.323 e. The van der Waals surface area contributed by atoms with Crippen LogP contribution in [0, 0.1) is 6.92 Å². The van der Waals surface area contributed by atoms with E-state index in [1.807, 2.05) is 29.8 Å². The summed E-state index contributed by atoms with van der Waals surface area (Å²) in [7, 11) is 0. The van der Waals surface area contributed by atoms with Gasteiger partial charge in [0, 0.05) is 22.7 Å². The lowest BCUT2D eigenvalue weighted by atomic mass is 10.1. The molecule has 0 unspecified atom stereocenters. The number of nitrogens with one attached hydrogen (secondary N) is 3. The lowest BCUT2D eigenvalue weighted by molar-refractivity contribution is 0.0951. The van der Waals surface area contributed by atoms with Crippen molar-refractivity contribution in [1.82, 2.24) is 5.32 Å². The first-order valence-corrected chi connectivity index (χ1v) is 8.08. The van der Waals surface area contributed by atoms with Gasteiger partial charge in [-0.3, -0.25) is 4.79 Å². The highest BCUT2D eigenvalue weighted by Crippen LogP contribution is 2.21. The minimum absolute atomic E-state index is 0.0937. The zero-order valence-electron chi connectivity index (χ0n) is 12.2. The van der Waals surface area contributed by atoms with E-state index < -0.39 is 0 Å². The Morgan fingerprint density at radius 3 is 2.68 bits per heavy atom. The van der Waals surface area contributed by atoms with Gasteiger partial charge in [0.15, 0.2) is 0 Å². The number of anilines is 2. The van der Waals surface area contributed by atoms with Crippen molar-refractivity contribution in [2.24, 2.45) is 0 Å². The molecule has 0 radical (unpaired) electrons. The van der Waals surface area contributed by atoms with Crippen LogP contribution in [0.5, 0.6) is 0 Å². The molecule has 1 aliphatic carbocycles. The van der Waals surface area contributed by atoms with Gasteiger partial charge in [0.2, 0.25) is 0 Å². The molecule has 3 rings (SSSR count). The van der Waals surface area contributed by atoms with Crippen molar-refractivity contribution < 1.29 is 9.59 Å². The van der Waals surface area contributed by atoms with E-state index in [0.29, 0.717) is 17.3 Å². The summed E-state index contributed by atoms with van der Waals surface area (Å²) in [5.41, 5.74) is 2.85. The maximum absolute atomic E-state index is 12.1. The van der Waals surface area contributed by atoms with Gasteiger partial charge >= 0.3 is 6.03 Å². The Hall–Kier alpha value is -2.34. The van der Waals surface area contributed by atoms with Gasteiger partial charge in [0.05, 0.1) is 5.69 Å². The smallest absolute Gasteiger partial charge is 0.323 e. The van der Waals surface area contributed by atoms with E-state index in [-0.39, 0.29) is 11.9 Å². The van der Waals surface area contributed by atoms with Gasteiger partial charge in [-0.05, 0) is 48.9 Å². The molecule has 5 nitrogen and oxygen atoms in total. The Morgan fingerprint density at radius 1 is 1.18 bits per heavy atom. The molecular weight excluding hydrogens is 298 g/mol. The Labute approximate surface area is 132 Å². The summed E-state index contributed by atoms with van der Waals surface area (Å²) in [6, 6.07) is 7.14. The second-order valence-corrected chi connectivity index (χ2v) is 6.15. The number of urea groups is 1. The van der Waals surface area contributed by atoms with E-state index >= 15 is 0 Å². The highest BCUT2D eigenvalue weighted by Gasteiger charge is 2.24. The van der Waals surface area contributed by atoms with Gasteiger partial charge in [-0.1, -0.05) is 6.07 Å². The van der Waals surface area contributed by atoms with Gasteiger partial charge in [-0.25, -0.2) is 4.79 Å². The molecule has 0 bridgehead atoms. The van der Waals surface area contributed by atoms with Crippen LogP contribution >= 0.6 is 11.3 Å². The second kappa shape index (κ2) is 6.19. The van der Waals surface area contributed by atoms with Crippen molar-refractivity contribution in [2.75, 3.05) is 10.6 Å². The van der Waals surface area contributed by atoms with E-state index in [9.17, 15) is 9.59 Å². The summed E-state index contributed by atoms with van der Waals surface area (Å²) >= 11 is 1.51. The van der Waals surface area contributed by atoms with E-state index in [1.165, 1.54) is 11.3 Å². The Kier molecular flexibility index (Phi) is 4.11. The molecule has 1 fully saturated rings. The number of carbonyl (C=O) groups is 2. The van der Waals surface area contributed by atoms with Crippen molar-refractivity contribution in [3.05, 3.63) is 46.2 Å². The van der Waals surface area contributed by atoms with Crippen molar-refractivity contribution >= 4 is 34.6 Å². The van der Waals surface area contributed by atoms with Crippen LogP contribution in [-0.4, -0.2) is 18.0 Å². The molecule has 3 N–H and O–H groups in total. The van der Waals surface area contributed by atoms with Crippen LogP contribution in [0.25, 0.3) is 0 Å². The first-order chi connectivity index (χ1) is 10.6. The molecule has 1 aromatic heterocycles. The second-order valence-electron chi connectivity index (χ2n) is 5.37. The number of rotatable bonds is 4. The average Bonchev–Trinajstić information content (AvgIpc) is 3.15. The van der Waals surface area contributed by atoms with Crippen LogP contribution in [0.4, 0.5) is 16.2 Å². The molecule has 6 heteroatoms. The summed E-state index contributed by atoms with van der Waals surface area (Å²) in [6.45, 7) is 1.89. The van der Waals surface area contributed by atoms with Crippen molar-refractivity contribution in [1.29, 1.82) is 0 Å². The average molecular weight is 315 g/mol. The number of amides is 3. The van der Waals surface area contributed by atoms with Crippen molar-refractivity contribution in [2.45, 2.75) is 25.8 Å². The number of carbonyl (C=O) groups excluding carboxylic acids is 2. The van der Waals surface area contributed by atoms with E-state index in [4.69, 9.17) is 0 Å². The molecule has 1 aromatic carbocycles. The lowest BCUT2D eigenvalue weighted by Crippen LogP contribution is -2.26. The zero-order valence-corrected chi connectivity index (χ0v) is 13.0. The van der Waals surface area contributed by atoms with Crippen molar-refractivity contribution in [3.63, 3.8) is 0 Å². The molecule has 0 aliphatic heterocycles. The molecule has 2 aromatic rings. The van der Waals surface area contributed by atoms with Crippen LogP contribution in [0.1, 0.15) is 28.8 Å². The van der Waals surface area contributed by atoms with Gasteiger partial charge in [0.25, 0.3) is 5.91 Å². The molecular formula is C16H17N3O2S. The topological polar surface area (TPSA) is 70.2 Å². The maximum atomic E-state index is 12.1. The first-order valence-electron chi connectivity index (χ1n) is 7.13. The van der Waals surface area contributed by atoms with Gasteiger partial charge < -0.3 is 16.0 Å². The third-order valence-corrected chi connectivity index (χ3v) is 4.12. The fraction of sp³-hybridized carbons (Fsp3) is 0.250. The molecule has 0 saturated heterocycles. The number of hydrogen-bond donors (Lipinski definition) is 3. The highest BCUT2D eigenvalue weighted by atomic mass is 32.1. The normalized spacial score (nSPS) is 13.5. The van der Waals surface area contributed by atoms with Crippen LogP contribution < -0.4 is 16.0 Å². The summed E-state index contributed by atoms with van der Waals surface area (Å²) in [5.74, 6) is -0.0937. The molecule has 1 saturated carbocycles. The number of benzene rings is 1. The Morgan fingerprint density at radius 2 is 2.00 bits per heavy atom. The zero-order chi connectivity index (χ0) is 15.5. The number of aryl methyl sites for hydroxylation is 1. The predicted molar refractivity (Wildman–Crippen MR) is 88.6 cm³/mol. The minimum atomic E-state index is -0.318. The molecule has 1 heterocycles. The highest BCUT2D eigenvalue weighted by molar-refractivity contribution is 7.08. The molecule has 3 amide bonds. The largest absolute Gasteiger partial charge is 0.349 e. The third kappa shape index (κ3) is 3.65. The predicted octanol–water partition coefficient (Wildman–Crippen LogP) is 3.59. The Bertz CT molecular complexity index is 693. The monoisotopic (exact) mass is 315 g/mol. The molecule has 0 atom stereocenters. The molecule has 0 spiro atoms. The summed E-state index contributed by atoms with van der Waals surface area (Å²) in [5, 5.41) is 12.2. The Balaban J connectivity index is 1.69. The van der Waals surface area contributed by atoms with Crippen molar-refractivity contribution in [3.8, 4) is 0 Å². The SMILES string of the molecule is Cc1ccc(C(=O)NC2CC2)cc1NC(=O)Nc1ccsc1. The van der Waals surface area contributed by atoms with Crippen LogP contribution in [0.3, 0.4) is 0 Å². The fourth-order valence-corrected chi connectivity index (χ4v) is 2.60. The van der Waals surface area contributed by atoms with E-state index in [0.717, 1.165) is 24.1 Å². The first kappa shape index (κ1) is 14.6. The van der Waals surface area contributed by atoms with Crippen LogP contribution in [0.15, 0.2) is 35.0 Å². The number of thiophene rings is 1. The van der Waals surface area contributed by atoms with Gasteiger partial charge in [-0.15, -0.1) is 0 Å². The van der Waals surface area contributed by atoms with Gasteiger partial charge in [0.1, 0.15) is 0 Å². The van der Waals surface area contributed by atoms with Gasteiger partial charge in [-0.2, -0.15) is 11.3 Å². The van der Waals surface area contributed by atoms with Crippen LogP contribution in [-0.2, 0) is 0 Å². The summed E-state index contributed by atoms with van der Waals surface area (Å²) in [6.07, 6.45) is 2.09. The van der Waals surface area contributed by atoms with Crippen LogP contribution in [0.2, 0.25) is 0 Å². The minimum Gasteiger partial charge on any atom is -0.349 e. The number of hydrogen-bond acceptors (Lipinski definition) is 3. The quantitative estimate of drug-likeness (QED) is 0.807. The third-order valence-electron chi connectivity index (χ3n) is 3.44. The summed E-state index contributed by atoms with van der Waals surface area (Å²) in [4.78, 5) is 24.0. The molecule has 1 aliphatic rings. The van der Waals surface area contributed by atoms with E-state index in [2.05, 4.69) is 16.0 Å². The lowest BCUT2D eigenvalue weighted by Gasteiger charge is -2.11. The molecule has 114 valence electrons. The summed E-state index contributed by atoms with van der Waals surface area (Å²) < 4.78 is 0. The fourth-order valence-electron chi connectivity index (χ4n) is 2.01. The van der Waals surface area contributed by atoms with E-state index in [1.54, 1.807) is 12.1 Å².